The second-order valence-corrected chi connectivity index (χ2v) is 5.20. The number of carbonyl (C=O) groups excluding carboxylic acids is 2. The van der Waals surface area contributed by atoms with E-state index in [2.05, 4.69) is 0 Å². The average molecular weight is 296 g/mol. The summed E-state index contributed by atoms with van der Waals surface area (Å²) < 4.78 is 5.01. The number of aryl methyl sites for hydroxylation is 1. The van der Waals surface area contributed by atoms with Gasteiger partial charge in [0.05, 0.1) is 18.9 Å². The van der Waals surface area contributed by atoms with Crippen LogP contribution in [0.5, 0.6) is 0 Å². The second-order valence-electron chi connectivity index (χ2n) is 5.20. The number of Topliss-reactive ketones (excluding diaryl/α,β-unsaturated/α-hetero) is 1. The van der Waals surface area contributed by atoms with Gasteiger partial charge in [-0.05, 0) is 19.4 Å². The van der Waals surface area contributed by atoms with E-state index in [0.29, 0.717) is 12.2 Å². The molecule has 0 saturated carbocycles. The highest BCUT2D eigenvalue weighted by Gasteiger charge is 2.25. The molecule has 2 aromatic rings. The normalized spacial score (nSPS) is 11.7. The zero-order chi connectivity index (χ0) is 15.9. The lowest BCUT2D eigenvalue weighted by Crippen LogP contribution is -2.18. The summed E-state index contributed by atoms with van der Waals surface area (Å²) in [6.07, 6.45) is 0.0601. The van der Waals surface area contributed by atoms with Gasteiger partial charge >= 0.3 is 5.97 Å². The van der Waals surface area contributed by atoms with Gasteiger partial charge in [-0.3, -0.25) is 9.59 Å². The first-order valence-corrected chi connectivity index (χ1v) is 7.43. The number of esters is 1. The number of hydrogen-bond acceptors (Lipinski definition) is 3. The van der Waals surface area contributed by atoms with Crippen LogP contribution in [0.15, 0.2) is 54.6 Å². The van der Waals surface area contributed by atoms with Gasteiger partial charge in [-0.15, -0.1) is 0 Å². The molecule has 2 aromatic carbocycles. The van der Waals surface area contributed by atoms with Crippen LogP contribution in [-0.2, 0) is 9.53 Å². The van der Waals surface area contributed by atoms with Gasteiger partial charge in [-0.1, -0.05) is 60.2 Å². The summed E-state index contributed by atoms with van der Waals surface area (Å²) in [6, 6.07) is 16.8. The Bertz CT molecular complexity index is 629. The smallest absolute Gasteiger partial charge is 0.306 e. The maximum Gasteiger partial charge on any atom is 0.306 e. The van der Waals surface area contributed by atoms with Crippen LogP contribution in [0.25, 0.3) is 0 Å². The minimum Gasteiger partial charge on any atom is -0.466 e. The molecule has 0 N–H and O–H groups in total. The maximum atomic E-state index is 12.8. The highest BCUT2D eigenvalue weighted by Crippen LogP contribution is 2.25. The van der Waals surface area contributed by atoms with E-state index >= 15 is 0 Å². The Balaban J connectivity index is 2.29. The molecule has 0 amide bonds. The molecule has 1 unspecified atom stereocenters. The molecule has 22 heavy (non-hydrogen) atoms. The number of ether oxygens (including phenoxy) is 1. The Morgan fingerprint density at radius 3 is 2.23 bits per heavy atom. The predicted molar refractivity (Wildman–Crippen MR) is 85.9 cm³/mol. The third kappa shape index (κ3) is 4.04. The lowest BCUT2D eigenvalue weighted by atomic mass is 9.88. The molecule has 114 valence electrons. The molecule has 1 atom stereocenters. The molecule has 0 bridgehead atoms. The van der Waals surface area contributed by atoms with E-state index in [1.807, 2.05) is 49.4 Å². The third-order valence-electron chi connectivity index (χ3n) is 3.53. The zero-order valence-corrected chi connectivity index (χ0v) is 12.9. The van der Waals surface area contributed by atoms with Crippen LogP contribution in [0.4, 0.5) is 0 Å². The maximum absolute atomic E-state index is 12.8. The Hall–Kier alpha value is -2.42. The van der Waals surface area contributed by atoms with E-state index in [9.17, 15) is 9.59 Å². The molecule has 3 heteroatoms. The summed E-state index contributed by atoms with van der Waals surface area (Å²) in [7, 11) is 0. The Labute approximate surface area is 130 Å². The van der Waals surface area contributed by atoms with Crippen LogP contribution >= 0.6 is 0 Å². The van der Waals surface area contributed by atoms with Crippen molar-refractivity contribution in [3.63, 3.8) is 0 Å². The molecule has 0 aliphatic heterocycles. The molecule has 0 heterocycles. The number of benzene rings is 2. The first-order valence-electron chi connectivity index (χ1n) is 7.43. The van der Waals surface area contributed by atoms with E-state index in [-0.39, 0.29) is 18.2 Å². The standard InChI is InChI=1S/C19H20O3/c1-3-22-18(20)13-17(15-7-5-4-6-8-15)19(21)16-11-9-14(2)10-12-16/h4-12,17H,3,13H2,1-2H3. The molecule has 0 spiro atoms. The Morgan fingerprint density at radius 1 is 1.00 bits per heavy atom. The SMILES string of the molecule is CCOC(=O)CC(C(=O)c1ccc(C)cc1)c1ccccc1. The van der Waals surface area contributed by atoms with Gasteiger partial charge in [-0.2, -0.15) is 0 Å². The van der Waals surface area contributed by atoms with Crippen LogP contribution in [-0.4, -0.2) is 18.4 Å². The quantitative estimate of drug-likeness (QED) is 0.599. The van der Waals surface area contributed by atoms with Crippen molar-refractivity contribution in [1.82, 2.24) is 0 Å². The van der Waals surface area contributed by atoms with Gasteiger partial charge < -0.3 is 4.74 Å². The number of rotatable bonds is 6. The lowest BCUT2D eigenvalue weighted by molar-refractivity contribution is -0.143. The molecule has 3 nitrogen and oxygen atoms in total. The van der Waals surface area contributed by atoms with Crippen molar-refractivity contribution in [3.8, 4) is 0 Å². The van der Waals surface area contributed by atoms with E-state index < -0.39 is 5.92 Å². The largest absolute Gasteiger partial charge is 0.466 e. The van der Waals surface area contributed by atoms with Crippen molar-refractivity contribution >= 4 is 11.8 Å². The van der Waals surface area contributed by atoms with Gasteiger partial charge in [0.2, 0.25) is 0 Å². The van der Waals surface area contributed by atoms with Gasteiger partial charge in [0.1, 0.15) is 0 Å². The van der Waals surface area contributed by atoms with Crippen LogP contribution in [0.1, 0.15) is 40.7 Å². The number of ketones is 1. The molecule has 0 radical (unpaired) electrons. The van der Waals surface area contributed by atoms with Crippen LogP contribution in [0.3, 0.4) is 0 Å². The topological polar surface area (TPSA) is 43.4 Å². The van der Waals surface area contributed by atoms with Crippen molar-refractivity contribution in [2.75, 3.05) is 6.61 Å². The predicted octanol–water partition coefficient (Wildman–Crippen LogP) is 3.91. The highest BCUT2D eigenvalue weighted by molar-refractivity contribution is 6.02. The first kappa shape index (κ1) is 16.0. The van der Waals surface area contributed by atoms with Crippen molar-refractivity contribution in [2.45, 2.75) is 26.2 Å². The van der Waals surface area contributed by atoms with Crippen LogP contribution < -0.4 is 0 Å². The molecular weight excluding hydrogens is 276 g/mol. The van der Waals surface area contributed by atoms with Gasteiger partial charge in [-0.25, -0.2) is 0 Å². The lowest BCUT2D eigenvalue weighted by Gasteiger charge is -2.16. The van der Waals surface area contributed by atoms with Crippen molar-refractivity contribution in [1.29, 1.82) is 0 Å². The summed E-state index contributed by atoms with van der Waals surface area (Å²) in [5.74, 6) is -0.918. The van der Waals surface area contributed by atoms with Crippen LogP contribution in [0.2, 0.25) is 0 Å². The molecular formula is C19H20O3. The highest BCUT2D eigenvalue weighted by atomic mass is 16.5. The number of hydrogen-bond donors (Lipinski definition) is 0. The average Bonchev–Trinajstić information content (AvgIpc) is 2.54. The molecule has 0 aliphatic carbocycles. The monoisotopic (exact) mass is 296 g/mol. The van der Waals surface area contributed by atoms with Gasteiger partial charge in [0.15, 0.2) is 5.78 Å². The molecule has 0 fully saturated rings. The van der Waals surface area contributed by atoms with E-state index in [1.165, 1.54) is 0 Å². The Morgan fingerprint density at radius 2 is 1.64 bits per heavy atom. The summed E-state index contributed by atoms with van der Waals surface area (Å²) in [5.41, 5.74) is 2.54. The third-order valence-corrected chi connectivity index (χ3v) is 3.53. The summed E-state index contributed by atoms with van der Waals surface area (Å²) in [4.78, 5) is 24.6. The zero-order valence-electron chi connectivity index (χ0n) is 12.9. The summed E-state index contributed by atoms with van der Waals surface area (Å²) in [6.45, 7) is 4.05. The van der Waals surface area contributed by atoms with Crippen molar-refractivity contribution < 1.29 is 14.3 Å². The molecule has 0 aliphatic rings. The second kappa shape index (κ2) is 7.55. The fourth-order valence-corrected chi connectivity index (χ4v) is 2.35. The minimum atomic E-state index is -0.511. The van der Waals surface area contributed by atoms with E-state index in [1.54, 1.807) is 19.1 Å². The summed E-state index contributed by atoms with van der Waals surface area (Å²) >= 11 is 0. The fourth-order valence-electron chi connectivity index (χ4n) is 2.35. The fraction of sp³-hybridized carbons (Fsp3) is 0.263. The molecule has 2 rings (SSSR count). The van der Waals surface area contributed by atoms with E-state index in [0.717, 1.165) is 11.1 Å². The van der Waals surface area contributed by atoms with Gasteiger partial charge in [0.25, 0.3) is 0 Å². The van der Waals surface area contributed by atoms with Crippen LogP contribution in [0, 0.1) is 6.92 Å². The van der Waals surface area contributed by atoms with Gasteiger partial charge in [0, 0.05) is 5.56 Å². The Kier molecular flexibility index (Phi) is 5.48. The van der Waals surface area contributed by atoms with Crippen molar-refractivity contribution in [3.05, 3.63) is 71.3 Å². The molecule has 0 saturated heterocycles. The molecule has 0 aromatic heterocycles. The van der Waals surface area contributed by atoms with E-state index in [4.69, 9.17) is 4.74 Å². The first-order chi connectivity index (χ1) is 10.6. The summed E-state index contributed by atoms with van der Waals surface area (Å²) in [5, 5.41) is 0. The minimum absolute atomic E-state index is 0.0562. The number of carbonyl (C=O) groups is 2. The van der Waals surface area contributed by atoms with Crippen molar-refractivity contribution in [2.24, 2.45) is 0 Å².